The number of alkyl halides is 1. The monoisotopic (exact) mass is 226 g/mol. The third kappa shape index (κ3) is 2.34. The highest BCUT2D eigenvalue weighted by atomic mass is 79.9. The third-order valence-electron chi connectivity index (χ3n) is 2.26. The quantitative estimate of drug-likeness (QED) is 0.685. The first kappa shape index (κ1) is 9.79. The molecule has 2 atom stereocenters. The minimum absolute atomic E-state index is 0.597. The Bertz CT molecular complexity index is 218. The summed E-state index contributed by atoms with van der Waals surface area (Å²) < 4.78 is 0. The summed E-state index contributed by atoms with van der Waals surface area (Å²) in [5.74, 6) is 0.608. The summed E-state index contributed by atoms with van der Waals surface area (Å²) in [5.41, 5.74) is 1.42. The van der Waals surface area contributed by atoms with Gasteiger partial charge in [-0.1, -0.05) is 60.1 Å². The van der Waals surface area contributed by atoms with Gasteiger partial charge in [0.05, 0.1) is 0 Å². The molecule has 0 saturated carbocycles. The van der Waals surface area contributed by atoms with Crippen molar-refractivity contribution in [3.8, 4) is 0 Å². The van der Waals surface area contributed by atoms with Crippen molar-refractivity contribution < 1.29 is 0 Å². The molecule has 66 valence electrons. The van der Waals surface area contributed by atoms with E-state index in [2.05, 4.69) is 60.1 Å². The van der Waals surface area contributed by atoms with Crippen LogP contribution >= 0.6 is 15.9 Å². The zero-order chi connectivity index (χ0) is 8.97. The summed E-state index contributed by atoms with van der Waals surface area (Å²) >= 11 is 3.68. The zero-order valence-corrected chi connectivity index (χ0v) is 9.21. The van der Waals surface area contributed by atoms with Gasteiger partial charge < -0.3 is 0 Å². The van der Waals surface area contributed by atoms with E-state index in [1.54, 1.807) is 0 Å². The second kappa shape index (κ2) is 4.66. The Kier molecular flexibility index (Phi) is 3.80. The Morgan fingerprint density at radius 1 is 1.25 bits per heavy atom. The van der Waals surface area contributed by atoms with Crippen molar-refractivity contribution in [1.82, 2.24) is 0 Å². The first-order valence-electron chi connectivity index (χ1n) is 4.44. The van der Waals surface area contributed by atoms with Crippen LogP contribution in [0.15, 0.2) is 30.3 Å². The molecule has 1 aromatic rings. The lowest BCUT2D eigenvalue weighted by molar-refractivity contribution is 0.694. The first-order valence-corrected chi connectivity index (χ1v) is 5.36. The fourth-order valence-corrected chi connectivity index (χ4v) is 1.62. The average molecular weight is 227 g/mol. The fourth-order valence-electron chi connectivity index (χ4n) is 1.32. The van der Waals surface area contributed by atoms with Gasteiger partial charge in [0.2, 0.25) is 0 Å². The molecule has 0 spiro atoms. The second-order valence-corrected chi connectivity index (χ2v) is 4.30. The molecule has 0 radical (unpaired) electrons. The van der Waals surface area contributed by atoms with Crippen molar-refractivity contribution in [3.05, 3.63) is 35.9 Å². The fraction of sp³-hybridized carbons (Fsp3) is 0.455. The predicted octanol–water partition coefficient (Wildman–Crippen LogP) is 3.96. The van der Waals surface area contributed by atoms with Crippen LogP contribution in [-0.2, 0) is 0 Å². The maximum absolute atomic E-state index is 3.68. The Morgan fingerprint density at radius 2 is 1.83 bits per heavy atom. The third-order valence-corrected chi connectivity index (χ3v) is 3.70. The summed E-state index contributed by atoms with van der Waals surface area (Å²) in [7, 11) is 0. The molecule has 2 unspecified atom stereocenters. The van der Waals surface area contributed by atoms with E-state index in [1.165, 1.54) is 12.0 Å². The van der Waals surface area contributed by atoms with Gasteiger partial charge in [0, 0.05) is 4.83 Å². The van der Waals surface area contributed by atoms with Gasteiger partial charge in [0.25, 0.3) is 0 Å². The van der Waals surface area contributed by atoms with Crippen molar-refractivity contribution in [2.24, 2.45) is 0 Å². The van der Waals surface area contributed by atoms with E-state index in [9.17, 15) is 0 Å². The molecular weight excluding hydrogens is 212 g/mol. The molecule has 1 aromatic carbocycles. The lowest BCUT2D eigenvalue weighted by atomic mass is 9.97. The molecule has 0 nitrogen and oxygen atoms in total. The van der Waals surface area contributed by atoms with Crippen molar-refractivity contribution in [3.63, 3.8) is 0 Å². The average Bonchev–Trinajstić information content (AvgIpc) is 2.17. The molecule has 0 fully saturated rings. The number of rotatable bonds is 3. The maximum Gasteiger partial charge on any atom is 0.0209 e. The van der Waals surface area contributed by atoms with Crippen LogP contribution in [0.25, 0.3) is 0 Å². The highest BCUT2D eigenvalue weighted by Crippen LogP contribution is 2.26. The standard InChI is InChI=1S/C11H15Br/c1-3-11(12)9(2)10-7-5-4-6-8-10/h4-9,11H,3H2,1-2H3. The van der Waals surface area contributed by atoms with Gasteiger partial charge in [0.15, 0.2) is 0 Å². The van der Waals surface area contributed by atoms with E-state index in [0.29, 0.717) is 10.7 Å². The van der Waals surface area contributed by atoms with E-state index in [4.69, 9.17) is 0 Å². The molecule has 0 aliphatic carbocycles. The Balaban J connectivity index is 2.71. The van der Waals surface area contributed by atoms with E-state index < -0.39 is 0 Å². The van der Waals surface area contributed by atoms with Gasteiger partial charge in [-0.2, -0.15) is 0 Å². The molecule has 0 aromatic heterocycles. The lowest BCUT2D eigenvalue weighted by Crippen LogP contribution is -2.07. The Labute approximate surface area is 83.1 Å². The molecule has 0 amide bonds. The second-order valence-electron chi connectivity index (χ2n) is 3.12. The SMILES string of the molecule is CCC(Br)C(C)c1ccccc1. The van der Waals surface area contributed by atoms with Crippen molar-refractivity contribution in [1.29, 1.82) is 0 Å². The van der Waals surface area contributed by atoms with Crippen LogP contribution in [0, 0.1) is 0 Å². The summed E-state index contributed by atoms with van der Waals surface area (Å²) in [6, 6.07) is 10.6. The van der Waals surface area contributed by atoms with Crippen LogP contribution in [-0.4, -0.2) is 4.83 Å². The smallest absolute Gasteiger partial charge is 0.0209 e. The van der Waals surface area contributed by atoms with Crippen LogP contribution in [0.1, 0.15) is 31.7 Å². The Morgan fingerprint density at radius 3 is 2.33 bits per heavy atom. The van der Waals surface area contributed by atoms with E-state index in [-0.39, 0.29) is 0 Å². The predicted molar refractivity (Wildman–Crippen MR) is 57.9 cm³/mol. The molecular formula is C11H15Br. The normalized spacial score (nSPS) is 15.6. The van der Waals surface area contributed by atoms with E-state index in [0.717, 1.165) is 0 Å². The summed E-state index contributed by atoms with van der Waals surface area (Å²) in [6.07, 6.45) is 1.18. The van der Waals surface area contributed by atoms with Crippen LogP contribution in [0.5, 0.6) is 0 Å². The maximum atomic E-state index is 3.68. The molecule has 0 saturated heterocycles. The van der Waals surface area contributed by atoms with E-state index >= 15 is 0 Å². The van der Waals surface area contributed by atoms with Gasteiger partial charge in [0.1, 0.15) is 0 Å². The van der Waals surface area contributed by atoms with Crippen molar-refractivity contribution in [2.45, 2.75) is 31.0 Å². The van der Waals surface area contributed by atoms with Crippen LogP contribution in [0.4, 0.5) is 0 Å². The van der Waals surface area contributed by atoms with Gasteiger partial charge in [-0.25, -0.2) is 0 Å². The first-order chi connectivity index (χ1) is 5.75. The number of hydrogen-bond acceptors (Lipinski definition) is 0. The molecule has 0 bridgehead atoms. The van der Waals surface area contributed by atoms with Gasteiger partial charge in [-0.05, 0) is 17.9 Å². The molecule has 1 heteroatoms. The Hall–Kier alpha value is -0.300. The van der Waals surface area contributed by atoms with Gasteiger partial charge >= 0.3 is 0 Å². The molecule has 0 aliphatic heterocycles. The molecule has 0 heterocycles. The van der Waals surface area contributed by atoms with Gasteiger partial charge in [-0.15, -0.1) is 0 Å². The number of halogens is 1. The van der Waals surface area contributed by atoms with Gasteiger partial charge in [-0.3, -0.25) is 0 Å². The summed E-state index contributed by atoms with van der Waals surface area (Å²) in [6.45, 7) is 4.47. The van der Waals surface area contributed by atoms with E-state index in [1.807, 2.05) is 0 Å². The molecule has 0 aliphatic rings. The molecule has 1 rings (SSSR count). The number of benzene rings is 1. The largest absolute Gasteiger partial charge is 0.0884 e. The van der Waals surface area contributed by atoms with Crippen molar-refractivity contribution >= 4 is 15.9 Å². The summed E-state index contributed by atoms with van der Waals surface area (Å²) in [5, 5.41) is 0. The highest BCUT2D eigenvalue weighted by Gasteiger charge is 2.12. The van der Waals surface area contributed by atoms with Crippen molar-refractivity contribution in [2.75, 3.05) is 0 Å². The topological polar surface area (TPSA) is 0 Å². The zero-order valence-electron chi connectivity index (χ0n) is 7.63. The lowest BCUT2D eigenvalue weighted by Gasteiger charge is -2.16. The van der Waals surface area contributed by atoms with Crippen LogP contribution in [0.3, 0.4) is 0 Å². The minimum atomic E-state index is 0.597. The van der Waals surface area contributed by atoms with Crippen LogP contribution < -0.4 is 0 Å². The number of hydrogen-bond donors (Lipinski definition) is 0. The summed E-state index contributed by atoms with van der Waals surface area (Å²) in [4.78, 5) is 0.597. The highest BCUT2D eigenvalue weighted by molar-refractivity contribution is 9.09. The van der Waals surface area contributed by atoms with Crippen LogP contribution in [0.2, 0.25) is 0 Å². The molecule has 12 heavy (non-hydrogen) atoms. The minimum Gasteiger partial charge on any atom is -0.0884 e. The molecule has 0 N–H and O–H groups in total.